The van der Waals surface area contributed by atoms with Crippen molar-refractivity contribution in [2.45, 2.75) is 13.5 Å². The Kier molecular flexibility index (Phi) is 5.05. The minimum Gasteiger partial charge on any atom is -0.463 e. The van der Waals surface area contributed by atoms with Crippen LogP contribution in [0.4, 0.5) is 0 Å². The van der Waals surface area contributed by atoms with Crippen molar-refractivity contribution in [2.24, 2.45) is 5.92 Å². The highest BCUT2D eigenvalue weighted by molar-refractivity contribution is 5.94. The lowest BCUT2D eigenvalue weighted by Gasteiger charge is -2.13. The zero-order valence-corrected chi connectivity index (χ0v) is 15.5. The van der Waals surface area contributed by atoms with Gasteiger partial charge in [-0.3, -0.25) is 9.48 Å². The van der Waals surface area contributed by atoms with Crippen LogP contribution < -0.4 is 5.32 Å². The first-order chi connectivity index (χ1) is 13.7. The average molecular weight is 375 g/mol. The minimum absolute atomic E-state index is 0.179. The first-order valence-corrected chi connectivity index (χ1v) is 9.15. The van der Waals surface area contributed by atoms with Gasteiger partial charge in [0, 0.05) is 31.5 Å². The van der Waals surface area contributed by atoms with Gasteiger partial charge in [-0.05, 0) is 36.2 Å². The van der Waals surface area contributed by atoms with Gasteiger partial charge < -0.3 is 9.73 Å². The molecule has 0 saturated heterocycles. The van der Waals surface area contributed by atoms with Crippen molar-refractivity contribution < 1.29 is 9.21 Å². The van der Waals surface area contributed by atoms with Gasteiger partial charge in [0.05, 0.1) is 12.0 Å². The second kappa shape index (κ2) is 7.96. The molecule has 1 amide bonds. The van der Waals surface area contributed by atoms with Crippen LogP contribution in [-0.4, -0.2) is 32.0 Å². The number of amides is 1. The van der Waals surface area contributed by atoms with Gasteiger partial charge in [-0.2, -0.15) is 10.2 Å². The van der Waals surface area contributed by atoms with Crippen molar-refractivity contribution in [2.75, 3.05) is 6.54 Å². The Bertz CT molecular complexity index is 1020. The maximum atomic E-state index is 12.9. The normalized spacial score (nSPS) is 12.0. The van der Waals surface area contributed by atoms with Gasteiger partial charge in [-0.1, -0.05) is 25.1 Å². The number of benzene rings is 1. The Labute approximate surface area is 162 Å². The molecule has 28 heavy (non-hydrogen) atoms. The molecule has 0 saturated carbocycles. The quantitative estimate of drug-likeness (QED) is 0.537. The van der Waals surface area contributed by atoms with Gasteiger partial charge in [0.25, 0.3) is 5.91 Å². The molecule has 1 unspecified atom stereocenters. The summed E-state index contributed by atoms with van der Waals surface area (Å²) >= 11 is 0. The molecule has 0 bridgehead atoms. The Morgan fingerprint density at radius 3 is 2.75 bits per heavy atom. The summed E-state index contributed by atoms with van der Waals surface area (Å²) in [5.74, 6) is 0.679. The second-order valence-electron chi connectivity index (χ2n) is 6.68. The van der Waals surface area contributed by atoms with Crippen molar-refractivity contribution in [3.63, 3.8) is 0 Å². The zero-order valence-electron chi connectivity index (χ0n) is 15.5. The molecule has 3 heterocycles. The van der Waals surface area contributed by atoms with Crippen molar-refractivity contribution in [1.29, 1.82) is 0 Å². The highest BCUT2D eigenvalue weighted by Crippen LogP contribution is 2.22. The summed E-state index contributed by atoms with van der Waals surface area (Å²) in [6.45, 7) is 3.35. The molecule has 3 aromatic heterocycles. The molecule has 0 fully saturated rings. The SMILES string of the molecule is CC(CNC(=O)c1cc(-c2ccco2)nn1-c1ccccc1)Cn1cccn1. The predicted octanol–water partition coefficient (Wildman–Crippen LogP) is 3.39. The van der Waals surface area contributed by atoms with Crippen molar-refractivity contribution in [3.05, 3.63) is 78.9 Å². The Morgan fingerprint density at radius 1 is 1.18 bits per heavy atom. The number of aromatic nitrogens is 4. The third-order valence-electron chi connectivity index (χ3n) is 4.39. The van der Waals surface area contributed by atoms with Gasteiger partial charge in [-0.15, -0.1) is 0 Å². The molecule has 142 valence electrons. The number of furan rings is 1. The van der Waals surface area contributed by atoms with Crippen LogP contribution in [0.5, 0.6) is 0 Å². The van der Waals surface area contributed by atoms with Crippen LogP contribution in [0.3, 0.4) is 0 Å². The molecular weight excluding hydrogens is 354 g/mol. The van der Waals surface area contributed by atoms with Crippen LogP contribution in [0.25, 0.3) is 17.1 Å². The number of nitrogens with zero attached hydrogens (tertiary/aromatic N) is 4. The van der Waals surface area contributed by atoms with Crippen molar-refractivity contribution in [1.82, 2.24) is 24.9 Å². The third kappa shape index (κ3) is 3.88. The Hall–Kier alpha value is -3.61. The molecular formula is C21H21N5O2. The van der Waals surface area contributed by atoms with E-state index in [1.54, 1.807) is 29.3 Å². The highest BCUT2D eigenvalue weighted by Gasteiger charge is 2.19. The second-order valence-corrected chi connectivity index (χ2v) is 6.68. The van der Waals surface area contributed by atoms with Crippen LogP contribution in [0, 0.1) is 5.92 Å². The number of hydrogen-bond donors (Lipinski definition) is 1. The van der Waals surface area contributed by atoms with E-state index >= 15 is 0 Å². The molecule has 0 spiro atoms. The molecule has 0 aliphatic carbocycles. The van der Waals surface area contributed by atoms with Gasteiger partial charge in [0.15, 0.2) is 5.76 Å². The summed E-state index contributed by atoms with van der Waals surface area (Å²) in [5, 5.41) is 11.8. The van der Waals surface area contributed by atoms with Gasteiger partial charge in [-0.25, -0.2) is 4.68 Å². The lowest BCUT2D eigenvalue weighted by molar-refractivity contribution is 0.0938. The van der Waals surface area contributed by atoms with E-state index in [0.29, 0.717) is 23.7 Å². The maximum Gasteiger partial charge on any atom is 0.270 e. The summed E-state index contributed by atoms with van der Waals surface area (Å²) < 4.78 is 8.95. The smallest absolute Gasteiger partial charge is 0.270 e. The molecule has 1 N–H and O–H groups in total. The number of carbonyl (C=O) groups excluding carboxylic acids is 1. The summed E-state index contributed by atoms with van der Waals surface area (Å²) in [6, 6.07) is 16.8. The molecule has 7 heteroatoms. The highest BCUT2D eigenvalue weighted by atomic mass is 16.3. The topological polar surface area (TPSA) is 77.9 Å². The van der Waals surface area contributed by atoms with E-state index in [-0.39, 0.29) is 11.8 Å². The van der Waals surface area contributed by atoms with Gasteiger partial charge in [0.2, 0.25) is 0 Å². The van der Waals surface area contributed by atoms with E-state index in [9.17, 15) is 4.79 Å². The number of para-hydroxylation sites is 1. The van der Waals surface area contributed by atoms with E-state index < -0.39 is 0 Å². The van der Waals surface area contributed by atoms with Crippen LogP contribution in [0.1, 0.15) is 17.4 Å². The first-order valence-electron chi connectivity index (χ1n) is 9.15. The summed E-state index contributed by atoms with van der Waals surface area (Å²) in [4.78, 5) is 12.9. The van der Waals surface area contributed by atoms with Crippen molar-refractivity contribution >= 4 is 5.91 Å². The molecule has 4 rings (SSSR count). The monoisotopic (exact) mass is 375 g/mol. The van der Waals surface area contributed by atoms with E-state index in [2.05, 4.69) is 22.4 Å². The fourth-order valence-electron chi connectivity index (χ4n) is 3.00. The van der Waals surface area contributed by atoms with Crippen LogP contribution in [-0.2, 0) is 6.54 Å². The standard InChI is InChI=1S/C21H21N5O2/c1-16(15-25-11-6-10-23-25)14-22-21(27)19-13-18(20-9-5-12-28-20)24-26(19)17-7-3-2-4-8-17/h2-13,16H,14-15H2,1H3,(H,22,27). The molecule has 1 atom stereocenters. The first kappa shape index (κ1) is 17.8. The Morgan fingerprint density at radius 2 is 2.04 bits per heavy atom. The number of carbonyl (C=O) groups is 1. The fourth-order valence-corrected chi connectivity index (χ4v) is 3.00. The average Bonchev–Trinajstić information content (AvgIpc) is 3.47. The van der Waals surface area contributed by atoms with E-state index in [4.69, 9.17) is 4.42 Å². The zero-order chi connectivity index (χ0) is 19.3. The molecule has 4 aromatic rings. The molecule has 7 nitrogen and oxygen atoms in total. The lowest BCUT2D eigenvalue weighted by atomic mass is 10.2. The lowest BCUT2D eigenvalue weighted by Crippen LogP contribution is -2.31. The molecule has 0 aliphatic rings. The predicted molar refractivity (Wildman–Crippen MR) is 105 cm³/mol. The van der Waals surface area contributed by atoms with E-state index in [0.717, 1.165) is 12.2 Å². The molecule has 0 aliphatic heterocycles. The third-order valence-corrected chi connectivity index (χ3v) is 4.39. The summed E-state index contributed by atoms with van der Waals surface area (Å²) in [7, 11) is 0. The van der Waals surface area contributed by atoms with Crippen molar-refractivity contribution in [3.8, 4) is 17.1 Å². The van der Waals surface area contributed by atoms with Gasteiger partial charge >= 0.3 is 0 Å². The minimum atomic E-state index is -0.179. The van der Waals surface area contributed by atoms with Crippen LogP contribution in [0.2, 0.25) is 0 Å². The fraction of sp³-hybridized carbons (Fsp3) is 0.190. The van der Waals surface area contributed by atoms with Gasteiger partial charge in [0.1, 0.15) is 11.4 Å². The number of nitrogens with one attached hydrogen (secondary N) is 1. The van der Waals surface area contributed by atoms with Crippen LogP contribution >= 0.6 is 0 Å². The number of rotatable bonds is 7. The van der Waals surface area contributed by atoms with E-state index in [1.165, 1.54) is 0 Å². The molecule has 0 radical (unpaired) electrons. The largest absolute Gasteiger partial charge is 0.463 e. The van der Waals surface area contributed by atoms with Crippen LogP contribution in [0.15, 0.2) is 77.7 Å². The summed E-state index contributed by atoms with van der Waals surface area (Å²) in [5.41, 5.74) is 1.89. The maximum absolute atomic E-state index is 12.9. The molecule has 1 aromatic carbocycles. The Balaban J connectivity index is 1.54. The number of hydrogen-bond acceptors (Lipinski definition) is 4. The van der Waals surface area contributed by atoms with E-state index in [1.807, 2.05) is 53.3 Å². The summed E-state index contributed by atoms with van der Waals surface area (Å²) in [6.07, 6.45) is 5.26.